The van der Waals surface area contributed by atoms with Crippen molar-refractivity contribution < 1.29 is 18.0 Å². The number of nitrogens with one attached hydrogen (secondary N) is 1. The molecule has 8 heteroatoms. The van der Waals surface area contributed by atoms with Crippen molar-refractivity contribution in [3.63, 3.8) is 0 Å². The summed E-state index contributed by atoms with van der Waals surface area (Å²) in [5.41, 5.74) is 0.253. The lowest BCUT2D eigenvalue weighted by atomic mass is 10.0. The van der Waals surface area contributed by atoms with Gasteiger partial charge in [0.05, 0.1) is 5.56 Å². The molecule has 1 N–H and O–H groups in total. The number of aromatic nitrogens is 1. The standard InChI is InChI=1S/C19H23F3N4O/c20-19(21,22)15-1-2-17-14(13-15)3-9-26(17)16-4-7-24(8-5-16)11-12-25-10-6-23-18(25)27/h1-3,9,13,16H,4-8,10-12H2,(H,23,27). The first-order valence-corrected chi connectivity index (χ1v) is 9.35. The molecule has 3 heterocycles. The van der Waals surface area contributed by atoms with E-state index < -0.39 is 11.7 Å². The van der Waals surface area contributed by atoms with Crippen molar-refractivity contribution in [1.29, 1.82) is 0 Å². The molecule has 0 bridgehead atoms. The first-order chi connectivity index (χ1) is 12.9. The molecular formula is C19H23F3N4O. The van der Waals surface area contributed by atoms with Gasteiger partial charge in [-0.05, 0) is 37.1 Å². The molecule has 5 nitrogen and oxygen atoms in total. The molecule has 0 aliphatic carbocycles. The van der Waals surface area contributed by atoms with Crippen molar-refractivity contribution in [1.82, 2.24) is 19.7 Å². The number of halogens is 3. The molecule has 0 unspecified atom stereocenters. The molecule has 0 saturated carbocycles. The van der Waals surface area contributed by atoms with Gasteiger partial charge >= 0.3 is 12.2 Å². The Morgan fingerprint density at radius 1 is 1.07 bits per heavy atom. The Balaban J connectivity index is 1.37. The number of carbonyl (C=O) groups excluding carboxylic acids is 1. The van der Waals surface area contributed by atoms with Crippen LogP contribution in [0.2, 0.25) is 0 Å². The molecule has 2 amide bonds. The van der Waals surface area contributed by atoms with Crippen molar-refractivity contribution in [3.05, 3.63) is 36.0 Å². The lowest BCUT2D eigenvalue weighted by Crippen LogP contribution is -2.41. The quantitative estimate of drug-likeness (QED) is 0.884. The predicted octanol–water partition coefficient (Wildman–Crippen LogP) is 3.32. The van der Waals surface area contributed by atoms with E-state index in [0.717, 1.165) is 63.7 Å². The zero-order chi connectivity index (χ0) is 19.0. The van der Waals surface area contributed by atoms with Crippen LogP contribution in [-0.4, -0.2) is 59.7 Å². The third-order valence-electron chi connectivity index (χ3n) is 5.63. The van der Waals surface area contributed by atoms with Crippen molar-refractivity contribution in [3.8, 4) is 0 Å². The van der Waals surface area contributed by atoms with E-state index >= 15 is 0 Å². The average Bonchev–Trinajstić information content (AvgIpc) is 3.25. The highest BCUT2D eigenvalue weighted by atomic mass is 19.4. The molecule has 0 radical (unpaired) electrons. The molecule has 2 aliphatic rings. The number of likely N-dealkylation sites (tertiary alicyclic amines) is 1. The van der Waals surface area contributed by atoms with Gasteiger partial charge in [-0.3, -0.25) is 0 Å². The predicted molar refractivity (Wildman–Crippen MR) is 96.6 cm³/mol. The van der Waals surface area contributed by atoms with Crippen LogP contribution >= 0.6 is 0 Å². The Kier molecular flexibility index (Phi) is 4.75. The zero-order valence-electron chi connectivity index (χ0n) is 15.0. The average molecular weight is 380 g/mol. The van der Waals surface area contributed by atoms with Crippen molar-refractivity contribution in [2.24, 2.45) is 0 Å². The second kappa shape index (κ2) is 7.07. The first kappa shape index (κ1) is 18.2. The highest BCUT2D eigenvalue weighted by Crippen LogP contribution is 2.33. The van der Waals surface area contributed by atoms with Crippen LogP contribution in [0.3, 0.4) is 0 Å². The van der Waals surface area contributed by atoms with E-state index in [0.29, 0.717) is 11.4 Å². The van der Waals surface area contributed by atoms with Crippen LogP contribution in [0.15, 0.2) is 30.5 Å². The number of fused-ring (bicyclic) bond motifs is 1. The Morgan fingerprint density at radius 2 is 1.85 bits per heavy atom. The van der Waals surface area contributed by atoms with Gasteiger partial charge in [0.15, 0.2) is 0 Å². The number of urea groups is 1. The van der Waals surface area contributed by atoms with Crippen LogP contribution in [0.1, 0.15) is 24.4 Å². The van der Waals surface area contributed by atoms with Gasteiger partial charge in [-0.15, -0.1) is 0 Å². The number of hydrogen-bond acceptors (Lipinski definition) is 2. The Bertz CT molecular complexity index is 824. The molecule has 2 saturated heterocycles. The number of rotatable bonds is 4. The summed E-state index contributed by atoms with van der Waals surface area (Å²) in [6, 6.07) is 6.05. The van der Waals surface area contributed by atoms with Gasteiger partial charge in [0, 0.05) is 62.4 Å². The van der Waals surface area contributed by atoms with Gasteiger partial charge in [0.25, 0.3) is 0 Å². The number of amides is 2. The van der Waals surface area contributed by atoms with Crippen molar-refractivity contribution in [2.75, 3.05) is 39.3 Å². The number of benzene rings is 1. The molecule has 1 aromatic carbocycles. The van der Waals surface area contributed by atoms with E-state index in [1.165, 1.54) is 6.07 Å². The smallest absolute Gasteiger partial charge is 0.344 e. The minimum atomic E-state index is -4.31. The highest BCUT2D eigenvalue weighted by Gasteiger charge is 2.31. The number of hydrogen-bond donors (Lipinski definition) is 1. The molecule has 2 fully saturated rings. The van der Waals surface area contributed by atoms with Crippen LogP contribution in [0.4, 0.5) is 18.0 Å². The van der Waals surface area contributed by atoms with E-state index in [1.807, 2.05) is 11.1 Å². The summed E-state index contributed by atoms with van der Waals surface area (Å²) in [5, 5.41) is 3.44. The fourth-order valence-corrected chi connectivity index (χ4v) is 4.07. The third-order valence-corrected chi connectivity index (χ3v) is 5.63. The van der Waals surface area contributed by atoms with Crippen molar-refractivity contribution in [2.45, 2.75) is 25.1 Å². The number of carbonyl (C=O) groups is 1. The number of piperidine rings is 1. The maximum atomic E-state index is 12.9. The van der Waals surface area contributed by atoms with Gasteiger partial charge in [-0.25, -0.2) is 4.79 Å². The molecular weight excluding hydrogens is 357 g/mol. The Labute approximate surface area is 155 Å². The summed E-state index contributed by atoms with van der Waals surface area (Å²) in [6.45, 7) is 4.95. The molecule has 1 aromatic heterocycles. The Hall–Kier alpha value is -2.22. The van der Waals surface area contributed by atoms with Gasteiger partial charge < -0.3 is 19.7 Å². The third kappa shape index (κ3) is 3.76. The second-order valence-electron chi connectivity index (χ2n) is 7.29. The maximum Gasteiger partial charge on any atom is 0.416 e. The van der Waals surface area contributed by atoms with Gasteiger partial charge in [0.2, 0.25) is 0 Å². The normalized spacial score (nSPS) is 19.8. The summed E-state index contributed by atoms with van der Waals surface area (Å²) in [7, 11) is 0. The van der Waals surface area contributed by atoms with Gasteiger partial charge in [-0.2, -0.15) is 13.2 Å². The first-order valence-electron chi connectivity index (χ1n) is 9.35. The van der Waals surface area contributed by atoms with E-state index in [2.05, 4.69) is 14.8 Å². The lowest BCUT2D eigenvalue weighted by Gasteiger charge is -2.33. The van der Waals surface area contributed by atoms with Gasteiger partial charge in [-0.1, -0.05) is 0 Å². The summed E-state index contributed by atoms with van der Waals surface area (Å²) in [5.74, 6) is 0. The van der Waals surface area contributed by atoms with E-state index in [1.54, 1.807) is 12.1 Å². The van der Waals surface area contributed by atoms with E-state index in [-0.39, 0.29) is 6.03 Å². The van der Waals surface area contributed by atoms with Crippen LogP contribution in [0.25, 0.3) is 10.9 Å². The molecule has 0 atom stereocenters. The Morgan fingerprint density at radius 3 is 2.52 bits per heavy atom. The maximum absolute atomic E-state index is 12.9. The fourth-order valence-electron chi connectivity index (χ4n) is 4.07. The van der Waals surface area contributed by atoms with Crippen molar-refractivity contribution >= 4 is 16.9 Å². The SMILES string of the molecule is O=C1NCCN1CCN1CCC(n2ccc3cc(C(F)(F)F)ccc32)CC1. The van der Waals surface area contributed by atoms with E-state index in [4.69, 9.17) is 0 Å². The molecule has 0 spiro atoms. The second-order valence-corrected chi connectivity index (χ2v) is 7.29. The topological polar surface area (TPSA) is 40.5 Å². The molecule has 27 heavy (non-hydrogen) atoms. The van der Waals surface area contributed by atoms with Crippen LogP contribution in [0.5, 0.6) is 0 Å². The number of nitrogens with zero attached hydrogens (tertiary/aromatic N) is 3. The fraction of sp³-hybridized carbons (Fsp3) is 0.526. The summed E-state index contributed by atoms with van der Waals surface area (Å²) >= 11 is 0. The van der Waals surface area contributed by atoms with Gasteiger partial charge in [0.1, 0.15) is 0 Å². The molecule has 146 valence electrons. The minimum absolute atomic E-state index is 0.0157. The van der Waals surface area contributed by atoms with Crippen LogP contribution in [-0.2, 0) is 6.18 Å². The molecule has 4 rings (SSSR count). The van der Waals surface area contributed by atoms with Crippen LogP contribution in [0, 0.1) is 0 Å². The number of alkyl halides is 3. The summed E-state index contributed by atoms with van der Waals surface area (Å²) < 4.78 is 40.8. The summed E-state index contributed by atoms with van der Waals surface area (Å²) in [6.07, 6.45) is -0.498. The van der Waals surface area contributed by atoms with Crippen LogP contribution < -0.4 is 5.32 Å². The largest absolute Gasteiger partial charge is 0.416 e. The zero-order valence-corrected chi connectivity index (χ0v) is 15.0. The molecule has 2 aliphatic heterocycles. The summed E-state index contributed by atoms with van der Waals surface area (Å²) in [4.78, 5) is 15.8. The highest BCUT2D eigenvalue weighted by molar-refractivity contribution is 5.81. The lowest BCUT2D eigenvalue weighted by molar-refractivity contribution is -0.137. The minimum Gasteiger partial charge on any atom is -0.344 e. The van der Waals surface area contributed by atoms with E-state index in [9.17, 15) is 18.0 Å². The monoisotopic (exact) mass is 380 g/mol. The molecule has 2 aromatic rings.